The van der Waals surface area contributed by atoms with E-state index in [-0.39, 0.29) is 46.3 Å². The van der Waals surface area contributed by atoms with Gasteiger partial charge in [-0.2, -0.15) is 0 Å². The number of hydrogen-bond donors (Lipinski definition) is 1. The molecule has 0 unspecified atom stereocenters. The van der Waals surface area contributed by atoms with Crippen LogP contribution in [-0.4, -0.2) is 34.9 Å². The van der Waals surface area contributed by atoms with Gasteiger partial charge in [0, 0.05) is 12.3 Å². The number of carbonyl (C=O) groups is 2. The number of ether oxygens (including phenoxy) is 2. The van der Waals surface area contributed by atoms with Crippen molar-refractivity contribution in [3.8, 4) is 0 Å². The maximum absolute atomic E-state index is 13.9. The molecule has 1 aliphatic heterocycles. The van der Waals surface area contributed by atoms with Crippen LogP contribution in [0.2, 0.25) is 0 Å². The minimum atomic E-state index is -0.721. The van der Waals surface area contributed by atoms with Gasteiger partial charge in [0.2, 0.25) is 0 Å². The Morgan fingerprint density at radius 2 is 1.92 bits per heavy atom. The zero-order chi connectivity index (χ0) is 27.2. The molecule has 5 nitrogen and oxygen atoms in total. The molecule has 5 heteroatoms. The summed E-state index contributed by atoms with van der Waals surface area (Å²) in [6.07, 6.45) is 10.2. The van der Waals surface area contributed by atoms with Gasteiger partial charge in [-0.1, -0.05) is 59.6 Å². The highest BCUT2D eigenvalue weighted by Crippen LogP contribution is 2.76. The molecule has 1 N–H and O–H groups in total. The Balaban J connectivity index is 1.55. The van der Waals surface area contributed by atoms with Gasteiger partial charge in [-0.3, -0.25) is 9.59 Å². The summed E-state index contributed by atoms with van der Waals surface area (Å²) in [6.45, 7) is 17.3. The predicted octanol–water partition coefficient (Wildman–Crippen LogP) is 6.62. The molecule has 0 amide bonds. The van der Waals surface area contributed by atoms with Crippen molar-refractivity contribution in [2.24, 2.45) is 45.3 Å². The standard InChI is InChI=1S/C32H50O5/c1-19(2)10-9-15-31(8,37-20(3)33)26-23-18-30(7)22-11-12-24-28(4,5)25(34)14-16-29(24,6)21(22)13-17-32(26,30)27(35)36-23/h11,19,21,23-26,34H,9-10,12-18H2,1-8H3/t21-,23+,24+,25+,26-,29-,30+,31+,32-/m1/s1. The number of fused-ring (bicyclic) bond motifs is 5. The summed E-state index contributed by atoms with van der Waals surface area (Å²) < 4.78 is 12.3. The lowest BCUT2D eigenvalue weighted by Gasteiger charge is -2.64. The number of rotatable bonds is 6. The van der Waals surface area contributed by atoms with Crippen LogP contribution in [0.4, 0.5) is 0 Å². The highest BCUT2D eigenvalue weighted by molar-refractivity contribution is 5.84. The normalized spacial score (nSPS) is 45.3. The molecular weight excluding hydrogens is 464 g/mol. The SMILES string of the molecule is CC(=O)O[C@@](C)(CCCC(C)C)[C@H]1[C@@H]2C[C@@]3(C)C4=CC[C@H]5C(C)(C)[C@@H](O)CC[C@]5(C)[C@@H]4CC[C@]13C(=O)O2. The molecule has 0 aromatic rings. The fraction of sp³-hybridized carbons (Fsp3) is 0.875. The first-order chi connectivity index (χ1) is 17.1. The Labute approximate surface area is 224 Å². The van der Waals surface area contributed by atoms with E-state index in [2.05, 4.69) is 54.5 Å². The van der Waals surface area contributed by atoms with E-state index in [1.54, 1.807) is 0 Å². The molecule has 3 saturated carbocycles. The highest BCUT2D eigenvalue weighted by atomic mass is 16.6. The maximum Gasteiger partial charge on any atom is 0.313 e. The van der Waals surface area contributed by atoms with Crippen LogP contribution in [0.5, 0.6) is 0 Å². The Morgan fingerprint density at radius 1 is 1.22 bits per heavy atom. The first-order valence-electron chi connectivity index (χ1n) is 14.9. The number of carbonyl (C=O) groups excluding carboxylic acids is 2. The van der Waals surface area contributed by atoms with E-state index >= 15 is 0 Å². The molecule has 1 heterocycles. The van der Waals surface area contributed by atoms with E-state index in [9.17, 15) is 14.7 Å². The highest BCUT2D eigenvalue weighted by Gasteiger charge is 2.79. The van der Waals surface area contributed by atoms with Crippen molar-refractivity contribution in [1.82, 2.24) is 0 Å². The van der Waals surface area contributed by atoms with Crippen LogP contribution in [0.25, 0.3) is 0 Å². The van der Waals surface area contributed by atoms with Crippen LogP contribution in [-0.2, 0) is 19.1 Å². The van der Waals surface area contributed by atoms with Crippen molar-refractivity contribution in [2.45, 2.75) is 131 Å². The van der Waals surface area contributed by atoms with Gasteiger partial charge in [0.05, 0.1) is 17.4 Å². The van der Waals surface area contributed by atoms with E-state index < -0.39 is 11.0 Å². The summed E-state index contributed by atoms with van der Waals surface area (Å²) in [5, 5.41) is 10.9. The number of aliphatic hydroxyl groups excluding tert-OH is 1. The Morgan fingerprint density at radius 3 is 2.57 bits per heavy atom. The molecule has 5 rings (SSSR count). The third-order valence-electron chi connectivity index (χ3n) is 12.3. The fourth-order valence-electron chi connectivity index (χ4n) is 10.6. The van der Waals surface area contributed by atoms with Gasteiger partial charge < -0.3 is 14.6 Å². The summed E-state index contributed by atoms with van der Waals surface area (Å²) >= 11 is 0. The smallest absolute Gasteiger partial charge is 0.313 e. The molecule has 4 fully saturated rings. The molecule has 208 valence electrons. The summed E-state index contributed by atoms with van der Waals surface area (Å²) in [5.74, 6) is 0.974. The molecule has 5 aliphatic rings. The van der Waals surface area contributed by atoms with Crippen molar-refractivity contribution in [2.75, 3.05) is 0 Å². The molecule has 2 bridgehead atoms. The van der Waals surface area contributed by atoms with Crippen molar-refractivity contribution < 1.29 is 24.2 Å². The topological polar surface area (TPSA) is 72.8 Å². The molecule has 0 radical (unpaired) electrons. The van der Waals surface area contributed by atoms with Crippen LogP contribution >= 0.6 is 0 Å². The second-order valence-corrected chi connectivity index (χ2v) is 15.0. The summed E-state index contributed by atoms with van der Waals surface area (Å²) in [5.41, 5.74) is -0.189. The molecule has 0 aromatic carbocycles. The maximum atomic E-state index is 13.9. The van der Waals surface area contributed by atoms with Gasteiger partial charge in [0.25, 0.3) is 0 Å². The van der Waals surface area contributed by atoms with Gasteiger partial charge >= 0.3 is 11.9 Å². The minimum absolute atomic E-state index is 0.0653. The van der Waals surface area contributed by atoms with E-state index in [1.807, 2.05) is 0 Å². The van der Waals surface area contributed by atoms with Crippen LogP contribution in [0.15, 0.2) is 11.6 Å². The van der Waals surface area contributed by atoms with Crippen molar-refractivity contribution in [3.63, 3.8) is 0 Å². The molecule has 1 saturated heterocycles. The molecule has 9 atom stereocenters. The minimum Gasteiger partial charge on any atom is -0.461 e. The van der Waals surface area contributed by atoms with Crippen molar-refractivity contribution in [3.05, 3.63) is 11.6 Å². The summed E-state index contributed by atoms with van der Waals surface area (Å²) in [6, 6.07) is 0. The molecule has 1 spiro atoms. The van der Waals surface area contributed by atoms with E-state index in [1.165, 1.54) is 12.5 Å². The third-order valence-corrected chi connectivity index (χ3v) is 12.3. The van der Waals surface area contributed by atoms with Gasteiger partial charge in [0.15, 0.2) is 0 Å². The average molecular weight is 515 g/mol. The Bertz CT molecular complexity index is 997. The fourth-order valence-corrected chi connectivity index (χ4v) is 10.6. The largest absolute Gasteiger partial charge is 0.461 e. The summed E-state index contributed by atoms with van der Waals surface area (Å²) in [4.78, 5) is 26.3. The second kappa shape index (κ2) is 8.57. The lowest BCUT2D eigenvalue weighted by Crippen LogP contribution is -2.61. The van der Waals surface area contributed by atoms with Gasteiger partial charge in [0.1, 0.15) is 11.7 Å². The number of allylic oxidation sites excluding steroid dienone is 2. The number of hydrogen-bond acceptors (Lipinski definition) is 5. The van der Waals surface area contributed by atoms with Gasteiger partial charge in [-0.05, 0) is 86.9 Å². The monoisotopic (exact) mass is 514 g/mol. The second-order valence-electron chi connectivity index (χ2n) is 15.0. The van der Waals surface area contributed by atoms with Crippen LogP contribution < -0.4 is 0 Å². The third kappa shape index (κ3) is 3.57. The molecule has 4 aliphatic carbocycles. The van der Waals surface area contributed by atoms with E-state index in [0.717, 1.165) is 57.8 Å². The zero-order valence-corrected chi connectivity index (χ0v) is 24.5. The van der Waals surface area contributed by atoms with Crippen LogP contribution in [0.1, 0.15) is 113 Å². The lowest BCUT2D eigenvalue weighted by atomic mass is 9.40. The zero-order valence-electron chi connectivity index (χ0n) is 24.5. The quantitative estimate of drug-likeness (QED) is 0.319. The summed E-state index contributed by atoms with van der Waals surface area (Å²) in [7, 11) is 0. The number of aliphatic hydroxyl groups is 1. The molecular formula is C32H50O5. The average Bonchev–Trinajstić information content (AvgIpc) is 3.21. The van der Waals surface area contributed by atoms with Gasteiger partial charge in [-0.15, -0.1) is 0 Å². The van der Waals surface area contributed by atoms with Crippen LogP contribution in [0, 0.1) is 45.3 Å². The van der Waals surface area contributed by atoms with Crippen molar-refractivity contribution >= 4 is 11.9 Å². The van der Waals surface area contributed by atoms with Crippen LogP contribution in [0.3, 0.4) is 0 Å². The molecule has 37 heavy (non-hydrogen) atoms. The Hall–Kier alpha value is -1.36. The predicted molar refractivity (Wildman–Crippen MR) is 143 cm³/mol. The van der Waals surface area contributed by atoms with E-state index in [4.69, 9.17) is 9.47 Å². The van der Waals surface area contributed by atoms with Crippen molar-refractivity contribution in [1.29, 1.82) is 0 Å². The number of esters is 2. The first-order valence-corrected chi connectivity index (χ1v) is 14.9. The van der Waals surface area contributed by atoms with Gasteiger partial charge in [-0.25, -0.2) is 0 Å². The Kier molecular flexibility index (Phi) is 6.30. The lowest BCUT2D eigenvalue weighted by molar-refractivity contribution is -0.179. The first kappa shape index (κ1) is 27.2. The molecule has 0 aromatic heterocycles. The van der Waals surface area contributed by atoms with E-state index in [0.29, 0.717) is 17.8 Å².